The fraction of sp³-hybridized carbons (Fsp3) is 0.417. The van der Waals surface area contributed by atoms with Gasteiger partial charge < -0.3 is 11.1 Å². The Morgan fingerprint density at radius 3 is 2.50 bits per heavy atom. The summed E-state index contributed by atoms with van der Waals surface area (Å²) in [6.07, 6.45) is 0.652. The first-order valence-electron chi connectivity index (χ1n) is 5.36. The topological polar surface area (TPSA) is 55.1 Å². The third-order valence-electron chi connectivity index (χ3n) is 2.51. The van der Waals surface area contributed by atoms with Crippen molar-refractivity contribution < 1.29 is 4.79 Å². The maximum absolute atomic E-state index is 11.6. The molecule has 0 fully saturated rings. The van der Waals surface area contributed by atoms with E-state index in [-0.39, 0.29) is 11.9 Å². The zero-order valence-corrected chi connectivity index (χ0v) is 11.1. The fourth-order valence-electron chi connectivity index (χ4n) is 1.34. The standard InChI is InChI=1S/C12H17BrN2O/c1-3-11(14)12(16)15-8(2)9-4-6-10(13)7-5-9/h4-8,11H,3,14H2,1-2H3,(H,15,16)/t8-,11+/m0/s1. The van der Waals surface area contributed by atoms with Gasteiger partial charge in [0.25, 0.3) is 0 Å². The van der Waals surface area contributed by atoms with E-state index in [1.54, 1.807) is 0 Å². The molecule has 1 aromatic rings. The third kappa shape index (κ3) is 3.61. The molecule has 0 unspecified atom stereocenters. The Hall–Kier alpha value is -0.870. The monoisotopic (exact) mass is 284 g/mol. The first-order valence-corrected chi connectivity index (χ1v) is 6.15. The number of amides is 1. The highest BCUT2D eigenvalue weighted by Crippen LogP contribution is 2.16. The first-order chi connectivity index (χ1) is 7.54. The second kappa shape index (κ2) is 6.01. The zero-order valence-electron chi connectivity index (χ0n) is 9.53. The van der Waals surface area contributed by atoms with Crippen molar-refractivity contribution in [2.24, 2.45) is 5.73 Å². The number of carbonyl (C=O) groups excluding carboxylic acids is 1. The van der Waals surface area contributed by atoms with Gasteiger partial charge in [0.05, 0.1) is 12.1 Å². The highest BCUT2D eigenvalue weighted by atomic mass is 79.9. The quantitative estimate of drug-likeness (QED) is 0.892. The van der Waals surface area contributed by atoms with Gasteiger partial charge in [-0.3, -0.25) is 4.79 Å². The van der Waals surface area contributed by atoms with E-state index in [9.17, 15) is 4.79 Å². The van der Waals surface area contributed by atoms with Crippen molar-refractivity contribution in [3.05, 3.63) is 34.3 Å². The van der Waals surface area contributed by atoms with Crippen molar-refractivity contribution in [2.75, 3.05) is 0 Å². The molecule has 0 aliphatic rings. The van der Waals surface area contributed by atoms with E-state index in [1.165, 1.54) is 0 Å². The summed E-state index contributed by atoms with van der Waals surface area (Å²) in [5.41, 5.74) is 6.72. The molecule has 0 saturated carbocycles. The number of hydrogen-bond acceptors (Lipinski definition) is 2. The summed E-state index contributed by atoms with van der Waals surface area (Å²) in [5, 5.41) is 2.89. The van der Waals surface area contributed by atoms with Gasteiger partial charge in [0, 0.05) is 4.47 Å². The predicted molar refractivity (Wildman–Crippen MR) is 69.0 cm³/mol. The van der Waals surface area contributed by atoms with Gasteiger partial charge in [-0.25, -0.2) is 0 Å². The van der Waals surface area contributed by atoms with Crippen LogP contribution in [0.5, 0.6) is 0 Å². The van der Waals surface area contributed by atoms with Gasteiger partial charge in [0.1, 0.15) is 0 Å². The Bertz CT molecular complexity index is 351. The Balaban J connectivity index is 2.62. The lowest BCUT2D eigenvalue weighted by Gasteiger charge is -2.17. The Morgan fingerprint density at radius 2 is 2.00 bits per heavy atom. The normalized spacial score (nSPS) is 14.2. The average molecular weight is 285 g/mol. The van der Waals surface area contributed by atoms with E-state index >= 15 is 0 Å². The van der Waals surface area contributed by atoms with Crippen LogP contribution in [0.2, 0.25) is 0 Å². The van der Waals surface area contributed by atoms with Gasteiger partial charge in [0.15, 0.2) is 0 Å². The van der Waals surface area contributed by atoms with Crippen LogP contribution in [0.4, 0.5) is 0 Å². The maximum atomic E-state index is 11.6. The van der Waals surface area contributed by atoms with Crippen LogP contribution in [-0.2, 0) is 4.79 Å². The average Bonchev–Trinajstić information content (AvgIpc) is 2.28. The predicted octanol–water partition coefficient (Wildman–Crippen LogP) is 2.36. The minimum Gasteiger partial charge on any atom is -0.348 e. The molecule has 3 nitrogen and oxygen atoms in total. The molecule has 2 atom stereocenters. The maximum Gasteiger partial charge on any atom is 0.237 e. The van der Waals surface area contributed by atoms with Crippen molar-refractivity contribution in [3.63, 3.8) is 0 Å². The SMILES string of the molecule is CC[C@@H](N)C(=O)N[C@@H](C)c1ccc(Br)cc1. The van der Waals surface area contributed by atoms with Crippen molar-refractivity contribution >= 4 is 21.8 Å². The summed E-state index contributed by atoms with van der Waals surface area (Å²) < 4.78 is 1.03. The molecule has 1 aromatic carbocycles. The van der Waals surface area contributed by atoms with E-state index in [0.29, 0.717) is 6.42 Å². The van der Waals surface area contributed by atoms with E-state index < -0.39 is 6.04 Å². The van der Waals surface area contributed by atoms with Gasteiger partial charge in [-0.2, -0.15) is 0 Å². The van der Waals surface area contributed by atoms with Crippen LogP contribution in [0.25, 0.3) is 0 Å². The Labute approximate surface area is 105 Å². The number of halogens is 1. The third-order valence-corrected chi connectivity index (χ3v) is 3.03. The molecule has 1 amide bonds. The van der Waals surface area contributed by atoms with Crippen LogP contribution in [-0.4, -0.2) is 11.9 Å². The number of nitrogens with one attached hydrogen (secondary N) is 1. The molecule has 3 N–H and O–H groups in total. The molecular formula is C12H17BrN2O. The molecule has 0 aromatic heterocycles. The summed E-state index contributed by atoms with van der Waals surface area (Å²) in [5.74, 6) is -0.0991. The molecule has 0 bridgehead atoms. The number of nitrogens with two attached hydrogens (primary N) is 1. The van der Waals surface area contributed by atoms with Crippen molar-refractivity contribution in [1.29, 1.82) is 0 Å². The summed E-state index contributed by atoms with van der Waals surface area (Å²) in [4.78, 5) is 11.6. The van der Waals surface area contributed by atoms with Crippen molar-refractivity contribution in [1.82, 2.24) is 5.32 Å². The number of carbonyl (C=O) groups is 1. The lowest BCUT2D eigenvalue weighted by atomic mass is 10.1. The molecule has 0 spiro atoms. The summed E-state index contributed by atoms with van der Waals surface area (Å²) in [7, 11) is 0. The van der Waals surface area contributed by atoms with E-state index in [4.69, 9.17) is 5.73 Å². The fourth-order valence-corrected chi connectivity index (χ4v) is 1.60. The van der Waals surface area contributed by atoms with E-state index in [0.717, 1.165) is 10.0 Å². The van der Waals surface area contributed by atoms with Gasteiger partial charge in [-0.1, -0.05) is 35.0 Å². The van der Waals surface area contributed by atoms with Gasteiger partial charge in [-0.05, 0) is 31.0 Å². The molecular weight excluding hydrogens is 268 g/mol. The molecule has 88 valence electrons. The van der Waals surface area contributed by atoms with Crippen LogP contribution in [0.15, 0.2) is 28.7 Å². The molecule has 0 radical (unpaired) electrons. The molecule has 16 heavy (non-hydrogen) atoms. The van der Waals surface area contributed by atoms with E-state index in [1.807, 2.05) is 38.1 Å². The summed E-state index contributed by atoms with van der Waals surface area (Å²) >= 11 is 3.37. The summed E-state index contributed by atoms with van der Waals surface area (Å²) in [6.45, 7) is 3.85. The number of benzene rings is 1. The highest BCUT2D eigenvalue weighted by Gasteiger charge is 2.14. The van der Waals surface area contributed by atoms with E-state index in [2.05, 4.69) is 21.2 Å². The van der Waals surface area contributed by atoms with Crippen LogP contribution in [0, 0.1) is 0 Å². The van der Waals surface area contributed by atoms with Gasteiger partial charge in [-0.15, -0.1) is 0 Å². The number of rotatable bonds is 4. The van der Waals surface area contributed by atoms with Gasteiger partial charge >= 0.3 is 0 Å². The van der Waals surface area contributed by atoms with Crippen molar-refractivity contribution in [3.8, 4) is 0 Å². The molecule has 0 aliphatic carbocycles. The first kappa shape index (κ1) is 13.2. The Morgan fingerprint density at radius 1 is 1.44 bits per heavy atom. The lowest BCUT2D eigenvalue weighted by molar-refractivity contribution is -0.123. The smallest absolute Gasteiger partial charge is 0.237 e. The van der Waals surface area contributed by atoms with Gasteiger partial charge in [0.2, 0.25) is 5.91 Å². The largest absolute Gasteiger partial charge is 0.348 e. The van der Waals surface area contributed by atoms with Crippen molar-refractivity contribution in [2.45, 2.75) is 32.4 Å². The number of hydrogen-bond donors (Lipinski definition) is 2. The molecule has 0 saturated heterocycles. The minimum absolute atomic E-state index is 0.0156. The Kier molecular flexibility index (Phi) is 4.96. The molecule has 4 heteroatoms. The minimum atomic E-state index is -0.419. The van der Waals surface area contributed by atoms with Crippen LogP contribution in [0.3, 0.4) is 0 Å². The zero-order chi connectivity index (χ0) is 12.1. The molecule has 1 rings (SSSR count). The molecule has 0 heterocycles. The van der Waals surface area contributed by atoms with Crippen LogP contribution < -0.4 is 11.1 Å². The lowest BCUT2D eigenvalue weighted by Crippen LogP contribution is -2.41. The second-order valence-corrected chi connectivity index (χ2v) is 4.71. The van der Waals surface area contributed by atoms with Crippen LogP contribution >= 0.6 is 15.9 Å². The molecule has 0 aliphatic heterocycles. The highest BCUT2D eigenvalue weighted by molar-refractivity contribution is 9.10. The van der Waals surface area contributed by atoms with Crippen LogP contribution in [0.1, 0.15) is 31.9 Å². The second-order valence-electron chi connectivity index (χ2n) is 3.80. The summed E-state index contributed by atoms with van der Waals surface area (Å²) in [6, 6.07) is 7.44.